The van der Waals surface area contributed by atoms with Crippen molar-refractivity contribution in [3.8, 4) is 17.2 Å². The summed E-state index contributed by atoms with van der Waals surface area (Å²) in [6, 6.07) is 14.8. The Labute approximate surface area is 165 Å². The number of unbranched alkanes of at least 4 members (excludes halogenated alkanes) is 1. The van der Waals surface area contributed by atoms with Crippen LogP contribution in [0, 0.1) is 0 Å². The molecule has 2 aromatic carbocycles. The normalized spacial score (nSPS) is 11.1. The minimum absolute atomic E-state index is 0.115. The Hall–Kier alpha value is -2.95. The van der Waals surface area contributed by atoms with E-state index in [1.165, 1.54) is 0 Å². The molecule has 5 heteroatoms. The molecule has 0 saturated carbocycles. The maximum atomic E-state index is 13.2. The number of phenolic OH excluding ortho intramolecular Hbond substituents is 1. The largest absolute Gasteiger partial charge is 0.508 e. The van der Waals surface area contributed by atoms with Crippen molar-refractivity contribution in [2.24, 2.45) is 0 Å². The van der Waals surface area contributed by atoms with Gasteiger partial charge >= 0.3 is 0 Å². The van der Waals surface area contributed by atoms with Gasteiger partial charge in [0.15, 0.2) is 5.75 Å². The number of aromatic hydroxyl groups is 1. The summed E-state index contributed by atoms with van der Waals surface area (Å²) in [5, 5.41) is 10.7. The summed E-state index contributed by atoms with van der Waals surface area (Å²) < 4.78 is 13.7. The molecule has 5 nitrogen and oxygen atoms in total. The fraction of sp³-hybridized carbons (Fsp3) is 0.348. The van der Waals surface area contributed by atoms with E-state index in [9.17, 15) is 9.90 Å². The molecule has 0 amide bonds. The molecular formula is C23H27NO4. The van der Waals surface area contributed by atoms with Gasteiger partial charge in [0.1, 0.15) is 12.4 Å². The summed E-state index contributed by atoms with van der Waals surface area (Å²) in [7, 11) is 0. The monoisotopic (exact) mass is 381 g/mol. The topological polar surface area (TPSA) is 60.7 Å². The summed E-state index contributed by atoms with van der Waals surface area (Å²) >= 11 is 0. The number of hydrogen-bond donors (Lipinski definition) is 1. The number of pyridine rings is 1. The Balaban J connectivity index is 2.17. The van der Waals surface area contributed by atoms with Gasteiger partial charge in [-0.2, -0.15) is 0 Å². The lowest BCUT2D eigenvalue weighted by molar-refractivity contribution is 0.215. The maximum Gasteiger partial charge on any atom is 0.297 e. The van der Waals surface area contributed by atoms with Crippen molar-refractivity contribution in [2.75, 3.05) is 0 Å². The predicted molar refractivity (Wildman–Crippen MR) is 111 cm³/mol. The first-order chi connectivity index (χ1) is 13.5. The van der Waals surface area contributed by atoms with Gasteiger partial charge in [-0.15, -0.1) is 0 Å². The zero-order chi connectivity index (χ0) is 20.1. The van der Waals surface area contributed by atoms with E-state index in [1.807, 2.05) is 44.2 Å². The Morgan fingerprint density at radius 3 is 2.50 bits per heavy atom. The third-order valence-electron chi connectivity index (χ3n) is 4.48. The molecule has 3 rings (SSSR count). The molecule has 1 N–H and O–H groups in total. The molecule has 28 heavy (non-hydrogen) atoms. The van der Waals surface area contributed by atoms with Crippen LogP contribution >= 0.6 is 0 Å². The average Bonchev–Trinajstić information content (AvgIpc) is 2.68. The Morgan fingerprint density at radius 1 is 1.07 bits per heavy atom. The van der Waals surface area contributed by atoms with Crippen molar-refractivity contribution in [2.45, 2.75) is 52.9 Å². The van der Waals surface area contributed by atoms with Gasteiger partial charge in [0, 0.05) is 18.0 Å². The van der Waals surface area contributed by atoms with Crippen molar-refractivity contribution < 1.29 is 14.6 Å². The van der Waals surface area contributed by atoms with E-state index in [0.29, 0.717) is 24.4 Å². The first-order valence-electron chi connectivity index (χ1n) is 9.74. The second kappa shape index (κ2) is 8.83. The number of hydrogen-bond acceptors (Lipinski definition) is 4. The molecule has 0 aliphatic rings. The standard InChI is InChI=1S/C23H27NO4/c1-4-5-13-24-20-14-18(25)11-12-19(20)21(22(23(24)26)28-16(2)3)27-15-17-9-7-6-8-10-17/h6-12,14,16,25H,4-5,13,15H2,1-3H3. The smallest absolute Gasteiger partial charge is 0.297 e. The van der Waals surface area contributed by atoms with Crippen LogP contribution in [0.15, 0.2) is 53.3 Å². The summed E-state index contributed by atoms with van der Waals surface area (Å²) in [6.07, 6.45) is 1.65. The van der Waals surface area contributed by atoms with Crippen LogP contribution in [0.3, 0.4) is 0 Å². The van der Waals surface area contributed by atoms with Crippen LogP contribution in [0.5, 0.6) is 17.2 Å². The number of benzene rings is 2. The van der Waals surface area contributed by atoms with E-state index in [0.717, 1.165) is 23.8 Å². The Kier molecular flexibility index (Phi) is 6.24. The second-order valence-electron chi connectivity index (χ2n) is 7.11. The lowest BCUT2D eigenvalue weighted by atomic mass is 10.1. The molecule has 0 unspecified atom stereocenters. The highest BCUT2D eigenvalue weighted by atomic mass is 16.5. The highest BCUT2D eigenvalue weighted by Crippen LogP contribution is 2.35. The van der Waals surface area contributed by atoms with Gasteiger partial charge in [-0.3, -0.25) is 4.79 Å². The average molecular weight is 381 g/mol. The Bertz CT molecular complexity index is 993. The van der Waals surface area contributed by atoms with Gasteiger partial charge in [0.25, 0.3) is 5.56 Å². The number of phenols is 1. The van der Waals surface area contributed by atoms with Crippen LogP contribution in [-0.4, -0.2) is 15.8 Å². The van der Waals surface area contributed by atoms with Gasteiger partial charge in [-0.05, 0) is 38.0 Å². The Morgan fingerprint density at radius 2 is 1.82 bits per heavy atom. The van der Waals surface area contributed by atoms with Crippen molar-refractivity contribution in [1.82, 2.24) is 4.57 Å². The lowest BCUT2D eigenvalue weighted by Gasteiger charge is -2.20. The number of rotatable bonds is 8. The third-order valence-corrected chi connectivity index (χ3v) is 4.48. The first-order valence-corrected chi connectivity index (χ1v) is 9.74. The van der Waals surface area contributed by atoms with E-state index >= 15 is 0 Å². The fourth-order valence-electron chi connectivity index (χ4n) is 3.14. The summed E-state index contributed by atoms with van der Waals surface area (Å²) in [5.74, 6) is 0.759. The van der Waals surface area contributed by atoms with E-state index in [-0.39, 0.29) is 23.2 Å². The van der Waals surface area contributed by atoms with Crippen molar-refractivity contribution in [3.63, 3.8) is 0 Å². The summed E-state index contributed by atoms with van der Waals surface area (Å²) in [5.41, 5.74) is 1.42. The van der Waals surface area contributed by atoms with E-state index in [4.69, 9.17) is 9.47 Å². The summed E-state index contributed by atoms with van der Waals surface area (Å²) in [4.78, 5) is 13.2. The highest BCUT2D eigenvalue weighted by molar-refractivity contribution is 5.89. The lowest BCUT2D eigenvalue weighted by Crippen LogP contribution is -2.25. The van der Waals surface area contributed by atoms with Crippen LogP contribution in [0.4, 0.5) is 0 Å². The molecule has 3 aromatic rings. The molecule has 1 aromatic heterocycles. The van der Waals surface area contributed by atoms with Gasteiger partial charge < -0.3 is 19.1 Å². The highest BCUT2D eigenvalue weighted by Gasteiger charge is 2.21. The van der Waals surface area contributed by atoms with Crippen molar-refractivity contribution in [3.05, 3.63) is 64.4 Å². The predicted octanol–water partition coefficient (Wildman–Crippen LogP) is 4.87. The van der Waals surface area contributed by atoms with Crippen LogP contribution in [0.1, 0.15) is 39.2 Å². The van der Waals surface area contributed by atoms with Crippen LogP contribution < -0.4 is 15.0 Å². The van der Waals surface area contributed by atoms with E-state index in [2.05, 4.69) is 6.92 Å². The zero-order valence-corrected chi connectivity index (χ0v) is 16.6. The number of ether oxygens (including phenoxy) is 2. The van der Waals surface area contributed by atoms with Crippen LogP contribution in [0.2, 0.25) is 0 Å². The number of fused-ring (bicyclic) bond motifs is 1. The SMILES string of the molecule is CCCCn1c(=O)c(OC(C)C)c(OCc2ccccc2)c2ccc(O)cc21. The quantitative estimate of drug-likeness (QED) is 0.604. The molecule has 0 spiro atoms. The molecule has 0 aliphatic carbocycles. The number of nitrogens with zero attached hydrogens (tertiary/aromatic N) is 1. The second-order valence-corrected chi connectivity index (χ2v) is 7.11. The molecule has 1 heterocycles. The van der Waals surface area contributed by atoms with Gasteiger partial charge in [-0.1, -0.05) is 43.7 Å². The maximum absolute atomic E-state index is 13.2. The molecular weight excluding hydrogens is 354 g/mol. The van der Waals surface area contributed by atoms with Crippen LogP contribution in [-0.2, 0) is 13.2 Å². The van der Waals surface area contributed by atoms with Gasteiger partial charge in [0.05, 0.1) is 11.6 Å². The molecule has 0 fully saturated rings. The molecule has 148 valence electrons. The van der Waals surface area contributed by atoms with Gasteiger partial charge in [-0.25, -0.2) is 0 Å². The summed E-state index contributed by atoms with van der Waals surface area (Å²) in [6.45, 7) is 6.73. The molecule has 0 aliphatic heterocycles. The van der Waals surface area contributed by atoms with E-state index < -0.39 is 0 Å². The van der Waals surface area contributed by atoms with Crippen molar-refractivity contribution in [1.29, 1.82) is 0 Å². The molecule has 0 radical (unpaired) electrons. The molecule has 0 bridgehead atoms. The van der Waals surface area contributed by atoms with E-state index in [1.54, 1.807) is 22.8 Å². The van der Waals surface area contributed by atoms with Crippen molar-refractivity contribution >= 4 is 10.9 Å². The number of aryl methyl sites for hydroxylation is 1. The number of aromatic nitrogens is 1. The van der Waals surface area contributed by atoms with Crippen LogP contribution in [0.25, 0.3) is 10.9 Å². The molecule has 0 saturated heterocycles. The third kappa shape index (κ3) is 4.30. The first kappa shape index (κ1) is 19.8. The zero-order valence-electron chi connectivity index (χ0n) is 16.6. The van der Waals surface area contributed by atoms with Gasteiger partial charge in [0.2, 0.25) is 5.75 Å². The minimum atomic E-state index is -0.233. The molecule has 0 atom stereocenters. The minimum Gasteiger partial charge on any atom is -0.508 e. The fourth-order valence-corrected chi connectivity index (χ4v) is 3.14.